The zero-order valence-electron chi connectivity index (χ0n) is 11.3. The number of likely N-dealkylation sites (N-methyl/N-ethyl adjacent to an activating group) is 1. The second-order valence-corrected chi connectivity index (χ2v) is 5.15. The van der Waals surface area contributed by atoms with E-state index in [1.54, 1.807) is 31.0 Å². The maximum atomic E-state index is 12.0. The normalized spacial score (nSPS) is 13.1. The Labute approximate surface area is 123 Å². The van der Waals surface area contributed by atoms with Crippen molar-refractivity contribution in [2.75, 3.05) is 13.6 Å². The number of nitrogens with two attached hydrogens (primary N) is 1. The van der Waals surface area contributed by atoms with Crippen molar-refractivity contribution in [3.05, 3.63) is 22.4 Å². The number of hydrogen-bond donors (Lipinski definition) is 2. The summed E-state index contributed by atoms with van der Waals surface area (Å²) in [5, 5.41) is 4.50. The lowest BCUT2D eigenvalue weighted by Gasteiger charge is -2.26. The number of nitrogens with one attached hydrogen (secondary N) is 1. The number of amides is 2. The highest BCUT2D eigenvalue weighted by Crippen LogP contribution is 2.08. The SMILES string of the molecule is CC(NC(=O)c1cccs1)C(=O)N(C)C(C)CN.Cl. The molecule has 19 heavy (non-hydrogen) atoms. The van der Waals surface area contributed by atoms with Gasteiger partial charge in [-0.1, -0.05) is 6.07 Å². The van der Waals surface area contributed by atoms with Gasteiger partial charge in [0.25, 0.3) is 5.91 Å². The standard InChI is InChI=1S/C12H19N3O2S.ClH/c1-8(7-13)15(3)12(17)9(2)14-11(16)10-5-4-6-18-10;/h4-6,8-9H,7,13H2,1-3H3,(H,14,16);1H. The molecule has 2 amide bonds. The van der Waals surface area contributed by atoms with Crippen molar-refractivity contribution in [3.63, 3.8) is 0 Å². The summed E-state index contributed by atoms with van der Waals surface area (Å²) in [7, 11) is 1.69. The van der Waals surface area contributed by atoms with Gasteiger partial charge in [0.15, 0.2) is 0 Å². The first-order valence-corrected chi connectivity index (χ1v) is 6.66. The van der Waals surface area contributed by atoms with E-state index in [-0.39, 0.29) is 30.3 Å². The lowest BCUT2D eigenvalue weighted by atomic mass is 10.2. The molecule has 0 saturated carbocycles. The number of thiophene rings is 1. The number of carbonyl (C=O) groups excluding carboxylic acids is 2. The van der Waals surface area contributed by atoms with Gasteiger partial charge >= 0.3 is 0 Å². The van der Waals surface area contributed by atoms with E-state index in [4.69, 9.17) is 5.73 Å². The molecule has 1 rings (SSSR count). The molecule has 0 aliphatic heterocycles. The zero-order valence-corrected chi connectivity index (χ0v) is 12.9. The van der Waals surface area contributed by atoms with Crippen LogP contribution in [0.2, 0.25) is 0 Å². The third-order valence-electron chi connectivity index (χ3n) is 2.81. The molecule has 0 aliphatic carbocycles. The minimum absolute atomic E-state index is 0. The molecule has 0 radical (unpaired) electrons. The summed E-state index contributed by atoms with van der Waals surface area (Å²) < 4.78 is 0. The van der Waals surface area contributed by atoms with Crippen LogP contribution in [0.3, 0.4) is 0 Å². The van der Waals surface area contributed by atoms with Gasteiger partial charge in [-0.25, -0.2) is 0 Å². The number of halogens is 1. The monoisotopic (exact) mass is 305 g/mol. The molecular weight excluding hydrogens is 286 g/mol. The van der Waals surface area contributed by atoms with Gasteiger partial charge in [0, 0.05) is 19.6 Å². The first-order chi connectivity index (χ1) is 8.47. The average molecular weight is 306 g/mol. The Balaban J connectivity index is 0.00000324. The van der Waals surface area contributed by atoms with Gasteiger partial charge in [0.1, 0.15) is 6.04 Å². The molecule has 0 saturated heterocycles. The fourth-order valence-corrected chi connectivity index (χ4v) is 2.04. The molecule has 1 heterocycles. The summed E-state index contributed by atoms with van der Waals surface area (Å²) in [6, 6.07) is 2.93. The predicted molar refractivity (Wildman–Crippen MR) is 79.8 cm³/mol. The zero-order chi connectivity index (χ0) is 13.7. The van der Waals surface area contributed by atoms with Crippen molar-refractivity contribution in [3.8, 4) is 0 Å². The number of nitrogens with zero attached hydrogens (tertiary/aromatic N) is 1. The minimum Gasteiger partial charge on any atom is -0.340 e. The first kappa shape index (κ1) is 17.9. The summed E-state index contributed by atoms with van der Waals surface area (Å²) in [4.78, 5) is 26.0. The maximum absolute atomic E-state index is 12.0. The second-order valence-electron chi connectivity index (χ2n) is 4.21. The highest BCUT2D eigenvalue weighted by atomic mass is 35.5. The Hall–Kier alpha value is -1.11. The van der Waals surface area contributed by atoms with Crippen LogP contribution in [0.15, 0.2) is 17.5 Å². The summed E-state index contributed by atoms with van der Waals surface area (Å²) in [6.07, 6.45) is 0. The molecule has 0 fully saturated rings. The minimum atomic E-state index is -0.557. The van der Waals surface area contributed by atoms with Crippen LogP contribution in [0, 0.1) is 0 Å². The molecule has 1 aromatic rings. The van der Waals surface area contributed by atoms with Crippen LogP contribution >= 0.6 is 23.7 Å². The van der Waals surface area contributed by atoms with E-state index in [2.05, 4.69) is 5.32 Å². The molecule has 1 aromatic heterocycles. The topological polar surface area (TPSA) is 75.4 Å². The quantitative estimate of drug-likeness (QED) is 0.855. The number of rotatable bonds is 5. The van der Waals surface area contributed by atoms with Gasteiger partial charge in [-0.2, -0.15) is 0 Å². The van der Waals surface area contributed by atoms with E-state index in [9.17, 15) is 9.59 Å². The van der Waals surface area contributed by atoms with Crippen LogP contribution in [0.4, 0.5) is 0 Å². The van der Waals surface area contributed by atoms with E-state index >= 15 is 0 Å². The van der Waals surface area contributed by atoms with Gasteiger partial charge < -0.3 is 16.0 Å². The first-order valence-electron chi connectivity index (χ1n) is 5.78. The number of carbonyl (C=O) groups is 2. The van der Waals surface area contributed by atoms with E-state index in [0.717, 1.165) is 0 Å². The van der Waals surface area contributed by atoms with Crippen LogP contribution in [-0.2, 0) is 4.79 Å². The molecule has 0 spiro atoms. The van der Waals surface area contributed by atoms with Crippen molar-refractivity contribution in [1.82, 2.24) is 10.2 Å². The summed E-state index contributed by atoms with van der Waals surface area (Å²) in [6.45, 7) is 3.94. The van der Waals surface area contributed by atoms with Crippen molar-refractivity contribution in [2.24, 2.45) is 5.73 Å². The molecule has 0 bridgehead atoms. The highest BCUT2D eigenvalue weighted by Gasteiger charge is 2.22. The van der Waals surface area contributed by atoms with Crippen molar-refractivity contribution in [1.29, 1.82) is 0 Å². The third kappa shape index (κ3) is 4.81. The average Bonchev–Trinajstić information content (AvgIpc) is 2.89. The van der Waals surface area contributed by atoms with E-state index < -0.39 is 6.04 Å². The summed E-state index contributed by atoms with van der Waals surface area (Å²) in [5.74, 6) is -0.363. The van der Waals surface area contributed by atoms with Crippen LogP contribution in [0.25, 0.3) is 0 Å². The predicted octanol–water partition coefficient (Wildman–Crippen LogP) is 1.09. The van der Waals surface area contributed by atoms with Crippen LogP contribution < -0.4 is 11.1 Å². The van der Waals surface area contributed by atoms with E-state index in [1.165, 1.54) is 11.3 Å². The third-order valence-corrected chi connectivity index (χ3v) is 3.68. The fraction of sp³-hybridized carbons (Fsp3) is 0.500. The van der Waals surface area contributed by atoms with Gasteiger partial charge in [0.2, 0.25) is 5.91 Å². The van der Waals surface area contributed by atoms with Gasteiger partial charge in [-0.3, -0.25) is 9.59 Å². The molecule has 2 unspecified atom stereocenters. The van der Waals surface area contributed by atoms with E-state index in [0.29, 0.717) is 11.4 Å². The second kappa shape index (κ2) is 8.14. The van der Waals surface area contributed by atoms with Gasteiger partial charge in [0.05, 0.1) is 4.88 Å². The highest BCUT2D eigenvalue weighted by molar-refractivity contribution is 7.12. The maximum Gasteiger partial charge on any atom is 0.261 e. The Morgan fingerprint density at radius 2 is 2.11 bits per heavy atom. The Morgan fingerprint density at radius 3 is 2.58 bits per heavy atom. The van der Waals surface area contributed by atoms with Crippen LogP contribution in [0.1, 0.15) is 23.5 Å². The smallest absolute Gasteiger partial charge is 0.261 e. The Kier molecular flexibility index (Phi) is 7.66. The van der Waals surface area contributed by atoms with Crippen molar-refractivity contribution >= 4 is 35.6 Å². The molecular formula is C12H20ClN3O2S. The molecule has 7 heteroatoms. The number of hydrogen-bond acceptors (Lipinski definition) is 4. The summed E-state index contributed by atoms with van der Waals surface area (Å²) in [5.41, 5.74) is 5.51. The molecule has 108 valence electrons. The molecule has 5 nitrogen and oxygen atoms in total. The van der Waals surface area contributed by atoms with Gasteiger partial charge in [-0.15, -0.1) is 23.7 Å². The molecule has 2 atom stereocenters. The van der Waals surface area contributed by atoms with Gasteiger partial charge in [-0.05, 0) is 25.3 Å². The van der Waals surface area contributed by atoms with Crippen LogP contribution in [0.5, 0.6) is 0 Å². The van der Waals surface area contributed by atoms with Crippen molar-refractivity contribution in [2.45, 2.75) is 25.9 Å². The fourth-order valence-electron chi connectivity index (χ4n) is 1.42. The lowest BCUT2D eigenvalue weighted by Crippen LogP contribution is -2.49. The molecule has 0 aromatic carbocycles. The van der Waals surface area contributed by atoms with Crippen molar-refractivity contribution < 1.29 is 9.59 Å². The van der Waals surface area contributed by atoms with E-state index in [1.807, 2.05) is 12.3 Å². The van der Waals surface area contributed by atoms with Crippen LogP contribution in [-0.4, -0.2) is 42.4 Å². The lowest BCUT2D eigenvalue weighted by molar-refractivity contribution is -0.133. The summed E-state index contributed by atoms with van der Waals surface area (Å²) >= 11 is 1.35. The largest absolute Gasteiger partial charge is 0.340 e. The molecule has 3 N–H and O–H groups in total. The Bertz CT molecular complexity index is 411. The Morgan fingerprint density at radius 1 is 1.47 bits per heavy atom. The molecule has 0 aliphatic rings.